The van der Waals surface area contributed by atoms with Crippen LogP contribution in [0.5, 0.6) is 0 Å². The van der Waals surface area contributed by atoms with Crippen LogP contribution < -0.4 is 0 Å². The summed E-state index contributed by atoms with van der Waals surface area (Å²) in [6.07, 6.45) is 0.578. The van der Waals surface area contributed by atoms with Crippen molar-refractivity contribution in [1.29, 1.82) is 0 Å². The van der Waals surface area contributed by atoms with E-state index in [0.717, 1.165) is 12.1 Å². The second-order valence-corrected chi connectivity index (χ2v) is 2.65. The Labute approximate surface area is 77.1 Å². The molecule has 1 rings (SSSR count). The topological polar surface area (TPSA) is 0 Å². The Hall–Kier alpha value is -1.33. The molecule has 1 aromatic rings. The van der Waals surface area contributed by atoms with Gasteiger partial charge in [0.25, 0.3) is 0 Å². The average Bonchev–Trinajstić information content (AvgIpc) is 2.00. The summed E-state index contributed by atoms with van der Waals surface area (Å²) >= 11 is 0. The zero-order valence-corrected chi connectivity index (χ0v) is 6.85. The van der Waals surface area contributed by atoms with Crippen molar-refractivity contribution in [3.05, 3.63) is 41.4 Å². The Balaban J connectivity index is 2.93. The van der Waals surface area contributed by atoms with Crippen molar-refractivity contribution < 1.29 is 21.7 Å². The van der Waals surface area contributed by atoms with Gasteiger partial charge in [-0.3, -0.25) is 0 Å². The van der Waals surface area contributed by atoms with Crippen molar-refractivity contribution in [1.82, 2.24) is 0 Å². The van der Waals surface area contributed by atoms with E-state index in [1.54, 1.807) is 0 Å². The van der Waals surface area contributed by atoms with E-state index in [1.807, 2.05) is 0 Å². The highest BCUT2D eigenvalue weighted by Gasteiger charge is 2.17. The number of halogens is 5. The molecule has 0 aliphatic heterocycles. The summed E-state index contributed by atoms with van der Waals surface area (Å²) < 4.78 is 60.3. The lowest BCUT2D eigenvalue weighted by atomic mass is 9.90. The fraction of sp³-hybridized carbons (Fsp3) is 0. The number of rotatable bonds is 2. The third-order valence-electron chi connectivity index (χ3n) is 1.46. The summed E-state index contributed by atoms with van der Waals surface area (Å²) in [6.45, 7) is -5.09. The summed E-state index contributed by atoms with van der Waals surface area (Å²) in [5.41, 5.74) is -0.286. The number of hydrogen-bond acceptors (Lipinski definition) is 0. The van der Waals surface area contributed by atoms with E-state index in [4.69, 9.17) is 0 Å². The van der Waals surface area contributed by atoms with Gasteiger partial charge in [0.2, 0.25) is 0 Å². The molecule has 0 atom stereocenters. The van der Waals surface area contributed by atoms with Gasteiger partial charge in [-0.25, -0.2) is 8.78 Å². The van der Waals surface area contributed by atoms with Gasteiger partial charge in [0.15, 0.2) is 0 Å². The molecule has 14 heavy (non-hydrogen) atoms. The standard InChI is InChI=1S/C8H5BF5/c10-7-2-1-6(8(11)5-7)3-4-9(12,13)14/h1-5H/q-1/b4-3-. The first-order chi connectivity index (χ1) is 6.38. The van der Waals surface area contributed by atoms with Crippen molar-refractivity contribution >= 4 is 13.1 Å². The average molecular weight is 207 g/mol. The minimum atomic E-state index is -5.09. The van der Waals surface area contributed by atoms with Crippen molar-refractivity contribution in [3.63, 3.8) is 0 Å². The Bertz CT molecular complexity index is 355. The predicted molar refractivity (Wildman–Crippen MR) is 44.5 cm³/mol. The van der Waals surface area contributed by atoms with Crippen LogP contribution in [0.25, 0.3) is 6.08 Å². The summed E-state index contributed by atoms with van der Waals surface area (Å²) in [5, 5.41) is 0. The van der Waals surface area contributed by atoms with Crippen LogP contribution in [-0.4, -0.2) is 6.98 Å². The molecule has 0 nitrogen and oxygen atoms in total. The zero-order chi connectivity index (χ0) is 10.8. The lowest BCUT2D eigenvalue weighted by Gasteiger charge is -2.06. The molecule has 0 bridgehead atoms. The van der Waals surface area contributed by atoms with E-state index in [1.165, 1.54) is 0 Å². The fourth-order valence-electron chi connectivity index (χ4n) is 0.849. The molecule has 6 heteroatoms. The quantitative estimate of drug-likeness (QED) is 0.515. The summed E-state index contributed by atoms with van der Waals surface area (Å²) in [7, 11) is 0. The highest BCUT2D eigenvalue weighted by Crippen LogP contribution is 2.15. The molecule has 0 heterocycles. The number of hydrogen-bond donors (Lipinski definition) is 0. The normalized spacial score (nSPS) is 12.4. The van der Waals surface area contributed by atoms with Gasteiger partial charge in [-0.15, -0.1) is 5.98 Å². The van der Waals surface area contributed by atoms with Crippen molar-refractivity contribution in [3.8, 4) is 0 Å². The predicted octanol–water partition coefficient (Wildman–Crippen LogP) is 3.36. The molecule has 0 spiro atoms. The van der Waals surface area contributed by atoms with Gasteiger partial charge in [0.05, 0.1) is 0 Å². The first-order valence-corrected chi connectivity index (χ1v) is 3.73. The van der Waals surface area contributed by atoms with Gasteiger partial charge in [0, 0.05) is 11.6 Å². The minimum Gasteiger partial charge on any atom is -0.445 e. The van der Waals surface area contributed by atoms with Crippen LogP contribution in [0.2, 0.25) is 0 Å². The minimum absolute atomic E-state index is 0.0453. The van der Waals surface area contributed by atoms with Crippen LogP contribution >= 0.6 is 0 Å². The van der Waals surface area contributed by atoms with E-state index in [0.29, 0.717) is 12.1 Å². The molecule has 0 fully saturated rings. The number of benzene rings is 1. The molecule has 0 unspecified atom stereocenters. The van der Waals surface area contributed by atoms with Crippen LogP contribution in [0.3, 0.4) is 0 Å². The summed E-state index contributed by atoms with van der Waals surface area (Å²) in [6, 6.07) is 2.37. The zero-order valence-electron chi connectivity index (χ0n) is 6.85. The lowest BCUT2D eigenvalue weighted by Crippen LogP contribution is -2.09. The van der Waals surface area contributed by atoms with Crippen LogP contribution in [0.1, 0.15) is 5.56 Å². The van der Waals surface area contributed by atoms with Gasteiger partial charge in [-0.05, 0) is 12.1 Å². The maximum Gasteiger partial charge on any atom is 0.502 e. The largest absolute Gasteiger partial charge is 0.502 e. The SMILES string of the molecule is Fc1ccc(/C=C\[B-](F)(F)F)c(F)c1. The Kier molecular flexibility index (Phi) is 2.93. The van der Waals surface area contributed by atoms with Crippen molar-refractivity contribution in [2.45, 2.75) is 0 Å². The molecule has 0 N–H and O–H groups in total. The van der Waals surface area contributed by atoms with Crippen LogP contribution in [-0.2, 0) is 0 Å². The van der Waals surface area contributed by atoms with Crippen LogP contribution in [0.15, 0.2) is 24.2 Å². The second-order valence-electron chi connectivity index (χ2n) is 2.65. The van der Waals surface area contributed by atoms with E-state index >= 15 is 0 Å². The first kappa shape index (κ1) is 10.8. The third kappa shape index (κ3) is 3.20. The molecule has 1 aromatic carbocycles. The molecule has 0 aromatic heterocycles. The molecule has 0 aliphatic rings. The third-order valence-corrected chi connectivity index (χ3v) is 1.46. The maximum atomic E-state index is 12.8. The van der Waals surface area contributed by atoms with Gasteiger partial charge >= 0.3 is 6.98 Å². The molecule has 0 aliphatic carbocycles. The molecule has 0 saturated carbocycles. The smallest absolute Gasteiger partial charge is 0.445 e. The molecular formula is C8H5BF5-. The Morgan fingerprint density at radius 2 is 1.71 bits per heavy atom. The van der Waals surface area contributed by atoms with E-state index in [2.05, 4.69) is 0 Å². The van der Waals surface area contributed by atoms with Crippen LogP contribution in [0.4, 0.5) is 21.7 Å². The molecule has 0 saturated heterocycles. The highest BCUT2D eigenvalue weighted by atomic mass is 19.4. The Morgan fingerprint density at radius 3 is 2.21 bits per heavy atom. The van der Waals surface area contributed by atoms with Gasteiger partial charge in [-0.2, -0.15) is 0 Å². The molecule has 0 amide bonds. The highest BCUT2D eigenvalue weighted by molar-refractivity contribution is 6.64. The van der Waals surface area contributed by atoms with Gasteiger partial charge in [-0.1, -0.05) is 6.08 Å². The lowest BCUT2D eigenvalue weighted by molar-refractivity contribution is 0.499. The Morgan fingerprint density at radius 1 is 1.07 bits per heavy atom. The fourth-order valence-corrected chi connectivity index (χ4v) is 0.849. The monoisotopic (exact) mass is 207 g/mol. The van der Waals surface area contributed by atoms with E-state index < -0.39 is 18.6 Å². The second kappa shape index (κ2) is 3.81. The molecular weight excluding hydrogens is 202 g/mol. The van der Waals surface area contributed by atoms with Crippen molar-refractivity contribution in [2.75, 3.05) is 0 Å². The van der Waals surface area contributed by atoms with Crippen molar-refractivity contribution in [2.24, 2.45) is 0 Å². The van der Waals surface area contributed by atoms with E-state index in [-0.39, 0.29) is 11.5 Å². The molecule has 0 radical (unpaired) electrons. The van der Waals surface area contributed by atoms with Gasteiger partial charge < -0.3 is 12.9 Å². The first-order valence-electron chi connectivity index (χ1n) is 3.73. The summed E-state index contributed by atoms with van der Waals surface area (Å²) in [5.74, 6) is -1.88. The summed E-state index contributed by atoms with van der Waals surface area (Å²) in [4.78, 5) is 0. The maximum absolute atomic E-state index is 12.8. The van der Waals surface area contributed by atoms with E-state index in [9.17, 15) is 21.7 Å². The molecule has 76 valence electrons. The van der Waals surface area contributed by atoms with Crippen LogP contribution in [0, 0.1) is 11.6 Å². The van der Waals surface area contributed by atoms with Gasteiger partial charge in [0.1, 0.15) is 11.6 Å².